The fourth-order valence-electron chi connectivity index (χ4n) is 3.37. The van der Waals surface area contributed by atoms with Crippen LogP contribution in [-0.4, -0.2) is 43.0 Å². The second kappa shape index (κ2) is 9.37. The van der Waals surface area contributed by atoms with Gasteiger partial charge in [0.05, 0.1) is 18.8 Å². The molecule has 3 rings (SSSR count). The zero-order valence-corrected chi connectivity index (χ0v) is 16.4. The largest absolute Gasteiger partial charge is 0.495 e. The summed E-state index contributed by atoms with van der Waals surface area (Å²) < 4.78 is 5.25. The highest BCUT2D eigenvalue weighted by atomic mass is 16.5. The Labute approximate surface area is 165 Å². The van der Waals surface area contributed by atoms with Crippen molar-refractivity contribution in [3.05, 3.63) is 54.1 Å². The van der Waals surface area contributed by atoms with Gasteiger partial charge in [-0.1, -0.05) is 18.6 Å². The number of benzene rings is 2. The first-order valence-corrected chi connectivity index (χ1v) is 9.68. The van der Waals surface area contributed by atoms with Crippen LogP contribution in [0.15, 0.2) is 48.5 Å². The molecule has 2 aromatic rings. The number of hydrogen-bond acceptors (Lipinski definition) is 4. The van der Waals surface area contributed by atoms with Crippen LogP contribution in [0.25, 0.3) is 0 Å². The van der Waals surface area contributed by atoms with E-state index < -0.39 is 0 Å². The number of hydrogen-bond donors (Lipinski definition) is 2. The Balaban J connectivity index is 1.59. The van der Waals surface area contributed by atoms with Gasteiger partial charge in [0.1, 0.15) is 5.75 Å². The maximum Gasteiger partial charge on any atom is 0.255 e. The van der Waals surface area contributed by atoms with E-state index >= 15 is 0 Å². The molecule has 1 saturated heterocycles. The van der Waals surface area contributed by atoms with Crippen molar-refractivity contribution in [3.8, 4) is 5.75 Å². The van der Waals surface area contributed by atoms with Gasteiger partial charge in [0.15, 0.2) is 0 Å². The third kappa shape index (κ3) is 4.89. The lowest BCUT2D eigenvalue weighted by atomic mass is 10.1. The summed E-state index contributed by atoms with van der Waals surface area (Å²) in [5.41, 5.74) is 1.80. The van der Waals surface area contributed by atoms with Crippen LogP contribution in [-0.2, 0) is 4.79 Å². The van der Waals surface area contributed by atoms with Crippen LogP contribution in [0.3, 0.4) is 0 Å². The number of para-hydroxylation sites is 2. The zero-order chi connectivity index (χ0) is 19.9. The molecule has 6 heteroatoms. The van der Waals surface area contributed by atoms with Gasteiger partial charge in [0.2, 0.25) is 5.91 Å². The quantitative estimate of drug-likeness (QED) is 0.799. The maximum absolute atomic E-state index is 12.5. The van der Waals surface area contributed by atoms with Crippen molar-refractivity contribution in [3.63, 3.8) is 0 Å². The van der Waals surface area contributed by atoms with Crippen molar-refractivity contribution < 1.29 is 14.3 Å². The van der Waals surface area contributed by atoms with E-state index in [9.17, 15) is 9.59 Å². The number of carbonyl (C=O) groups excluding carboxylic acids is 2. The fourth-order valence-corrected chi connectivity index (χ4v) is 3.37. The smallest absolute Gasteiger partial charge is 0.255 e. The van der Waals surface area contributed by atoms with Gasteiger partial charge in [-0.25, -0.2) is 0 Å². The molecule has 0 spiro atoms. The molecular formula is C22H27N3O3. The molecular weight excluding hydrogens is 354 g/mol. The van der Waals surface area contributed by atoms with Crippen LogP contribution in [0, 0.1) is 0 Å². The van der Waals surface area contributed by atoms with Crippen LogP contribution in [0.5, 0.6) is 5.75 Å². The van der Waals surface area contributed by atoms with Crippen LogP contribution in [0.4, 0.5) is 11.4 Å². The fraction of sp³-hybridized carbons (Fsp3) is 0.364. The van der Waals surface area contributed by atoms with Crippen molar-refractivity contribution in [1.82, 2.24) is 4.90 Å². The molecule has 28 heavy (non-hydrogen) atoms. The molecule has 0 saturated carbocycles. The molecule has 1 aliphatic heterocycles. The van der Waals surface area contributed by atoms with E-state index in [1.165, 1.54) is 6.42 Å². The Morgan fingerprint density at radius 1 is 0.964 bits per heavy atom. The van der Waals surface area contributed by atoms with Crippen molar-refractivity contribution in [2.75, 3.05) is 30.8 Å². The first-order chi connectivity index (χ1) is 13.6. The number of carbonyl (C=O) groups is 2. The minimum atomic E-state index is -0.232. The Hall–Kier alpha value is -2.86. The normalized spacial score (nSPS) is 15.5. The molecule has 2 N–H and O–H groups in total. The summed E-state index contributed by atoms with van der Waals surface area (Å²) in [5, 5.41) is 5.78. The first-order valence-electron chi connectivity index (χ1n) is 9.68. The topological polar surface area (TPSA) is 70.7 Å². The second-order valence-electron chi connectivity index (χ2n) is 6.99. The lowest BCUT2D eigenvalue weighted by Crippen LogP contribution is -2.44. The summed E-state index contributed by atoms with van der Waals surface area (Å²) in [7, 11) is 1.56. The average molecular weight is 381 g/mol. The van der Waals surface area contributed by atoms with Crippen molar-refractivity contribution >= 4 is 23.2 Å². The Bertz CT molecular complexity index is 814. The number of rotatable bonds is 6. The summed E-state index contributed by atoms with van der Waals surface area (Å²) in [5.74, 6) is 0.351. The monoisotopic (exact) mass is 381 g/mol. The van der Waals surface area contributed by atoms with E-state index in [1.54, 1.807) is 43.5 Å². The van der Waals surface area contributed by atoms with Crippen molar-refractivity contribution in [2.45, 2.75) is 32.2 Å². The molecule has 0 bridgehead atoms. The third-order valence-electron chi connectivity index (χ3n) is 5.09. The maximum atomic E-state index is 12.5. The summed E-state index contributed by atoms with van der Waals surface area (Å²) in [4.78, 5) is 27.2. The number of methoxy groups -OCH3 is 1. The van der Waals surface area contributed by atoms with E-state index in [1.807, 2.05) is 19.1 Å². The predicted octanol–water partition coefficient (Wildman–Crippen LogP) is 3.76. The minimum Gasteiger partial charge on any atom is -0.495 e. The average Bonchev–Trinajstić information content (AvgIpc) is 2.74. The van der Waals surface area contributed by atoms with Crippen molar-refractivity contribution in [1.29, 1.82) is 0 Å². The summed E-state index contributed by atoms with van der Waals surface area (Å²) in [6.07, 6.45) is 3.53. The highest BCUT2D eigenvalue weighted by Gasteiger charge is 2.22. The van der Waals surface area contributed by atoms with Gasteiger partial charge in [0.25, 0.3) is 5.91 Å². The number of anilines is 2. The van der Waals surface area contributed by atoms with E-state index in [0.29, 0.717) is 22.7 Å². The summed E-state index contributed by atoms with van der Waals surface area (Å²) in [6, 6.07) is 14.0. The number of likely N-dealkylation sites (tertiary alicyclic amines) is 1. The van der Waals surface area contributed by atoms with Gasteiger partial charge < -0.3 is 15.4 Å². The van der Waals surface area contributed by atoms with Gasteiger partial charge in [0, 0.05) is 11.3 Å². The summed E-state index contributed by atoms with van der Waals surface area (Å²) in [6.45, 7) is 3.88. The van der Waals surface area contributed by atoms with Crippen LogP contribution in [0.2, 0.25) is 0 Å². The first kappa shape index (κ1) is 19.9. The predicted molar refractivity (Wildman–Crippen MR) is 111 cm³/mol. The van der Waals surface area contributed by atoms with Crippen LogP contribution >= 0.6 is 0 Å². The van der Waals surface area contributed by atoms with Gasteiger partial charge in [-0.3, -0.25) is 14.5 Å². The molecule has 0 aliphatic carbocycles. The molecule has 0 radical (unpaired) electrons. The van der Waals surface area contributed by atoms with E-state index in [-0.39, 0.29) is 17.9 Å². The van der Waals surface area contributed by atoms with Gasteiger partial charge >= 0.3 is 0 Å². The van der Waals surface area contributed by atoms with E-state index in [0.717, 1.165) is 25.9 Å². The molecule has 2 amide bonds. The standard InChI is InChI=1S/C22H27N3O3/c1-16(25-14-6-3-7-15-25)21(26)23-18-12-10-17(11-13-18)22(27)24-19-8-4-5-9-20(19)28-2/h4-5,8-13,16H,3,6-7,14-15H2,1-2H3,(H,23,26)(H,24,27). The molecule has 1 fully saturated rings. The molecule has 6 nitrogen and oxygen atoms in total. The number of amides is 2. The Kier molecular flexibility index (Phi) is 6.66. The van der Waals surface area contributed by atoms with Gasteiger partial charge in [-0.15, -0.1) is 0 Å². The second-order valence-corrected chi connectivity index (χ2v) is 6.99. The highest BCUT2D eigenvalue weighted by Crippen LogP contribution is 2.24. The lowest BCUT2D eigenvalue weighted by molar-refractivity contribution is -0.121. The zero-order valence-electron chi connectivity index (χ0n) is 16.4. The van der Waals surface area contributed by atoms with Crippen LogP contribution < -0.4 is 15.4 Å². The van der Waals surface area contributed by atoms with Gasteiger partial charge in [-0.05, 0) is 69.3 Å². The number of piperidine rings is 1. The molecule has 2 aromatic carbocycles. The molecule has 1 aliphatic rings. The number of ether oxygens (including phenoxy) is 1. The Morgan fingerprint density at radius 3 is 2.32 bits per heavy atom. The highest BCUT2D eigenvalue weighted by molar-refractivity contribution is 6.05. The number of nitrogens with one attached hydrogen (secondary N) is 2. The minimum absolute atomic E-state index is 0.0203. The summed E-state index contributed by atoms with van der Waals surface area (Å²) >= 11 is 0. The molecule has 0 aromatic heterocycles. The van der Waals surface area contributed by atoms with Gasteiger partial charge in [-0.2, -0.15) is 0 Å². The molecule has 148 valence electrons. The Morgan fingerprint density at radius 2 is 1.64 bits per heavy atom. The third-order valence-corrected chi connectivity index (χ3v) is 5.09. The van der Waals surface area contributed by atoms with Crippen molar-refractivity contribution in [2.24, 2.45) is 0 Å². The molecule has 1 unspecified atom stereocenters. The number of nitrogens with zero attached hydrogens (tertiary/aromatic N) is 1. The SMILES string of the molecule is COc1ccccc1NC(=O)c1ccc(NC(=O)C(C)N2CCCCC2)cc1. The molecule has 1 atom stereocenters. The van der Waals surface area contributed by atoms with E-state index in [4.69, 9.17) is 4.74 Å². The molecule has 1 heterocycles. The van der Waals surface area contributed by atoms with Crippen LogP contribution in [0.1, 0.15) is 36.5 Å². The van der Waals surface area contributed by atoms with E-state index in [2.05, 4.69) is 15.5 Å². The lowest BCUT2D eigenvalue weighted by Gasteiger charge is -2.31.